The van der Waals surface area contributed by atoms with Crippen LogP contribution in [0.2, 0.25) is 6.32 Å². The molecule has 1 aromatic rings. The second kappa shape index (κ2) is 7.62. The van der Waals surface area contributed by atoms with E-state index in [0.29, 0.717) is 0 Å². The van der Waals surface area contributed by atoms with E-state index in [1.807, 2.05) is 0 Å². The largest absolute Gasteiger partial charge is 0.324 e. The summed E-state index contributed by atoms with van der Waals surface area (Å²) in [6, 6.07) is 4.62. The summed E-state index contributed by atoms with van der Waals surface area (Å²) < 4.78 is 0. The SMILES string of the molecule is [B]CCc1ccc(CC2CN(CC3(N)CCCCC3)C2)c(C)c1C. The van der Waals surface area contributed by atoms with Crippen molar-refractivity contribution in [1.82, 2.24) is 4.90 Å². The molecule has 0 bridgehead atoms. The maximum absolute atomic E-state index is 6.60. The standard InChI is InChI=1S/C21H33BN2/c1-16-17(2)20(7-6-19(16)8-11-22)12-18-13-24(14-18)15-21(23)9-4-3-5-10-21/h6-7,18H,3-5,8-15,23H2,1-2H3. The van der Waals surface area contributed by atoms with Crippen molar-refractivity contribution < 1.29 is 0 Å². The highest BCUT2D eigenvalue weighted by Gasteiger charge is 2.35. The maximum atomic E-state index is 6.60. The Morgan fingerprint density at radius 3 is 2.38 bits per heavy atom. The van der Waals surface area contributed by atoms with Crippen molar-refractivity contribution in [3.8, 4) is 0 Å². The number of likely N-dealkylation sites (tertiary alicyclic amines) is 1. The second-order valence-electron chi connectivity index (χ2n) is 8.36. The number of nitrogens with two attached hydrogens (primary N) is 1. The molecule has 3 heteroatoms. The van der Waals surface area contributed by atoms with Gasteiger partial charge >= 0.3 is 0 Å². The topological polar surface area (TPSA) is 29.3 Å². The first-order chi connectivity index (χ1) is 11.5. The molecule has 2 N–H and O–H groups in total. The summed E-state index contributed by atoms with van der Waals surface area (Å²) in [7, 11) is 5.72. The second-order valence-corrected chi connectivity index (χ2v) is 8.36. The summed E-state index contributed by atoms with van der Waals surface area (Å²) in [5.74, 6) is 0.802. The Labute approximate surface area is 149 Å². The third-order valence-electron chi connectivity index (χ3n) is 6.35. The maximum Gasteiger partial charge on any atom is 0.0657 e. The van der Waals surface area contributed by atoms with E-state index in [1.165, 1.54) is 73.9 Å². The lowest BCUT2D eigenvalue weighted by Gasteiger charge is -2.46. The van der Waals surface area contributed by atoms with Crippen LogP contribution < -0.4 is 5.73 Å². The van der Waals surface area contributed by atoms with E-state index in [1.54, 1.807) is 0 Å². The van der Waals surface area contributed by atoms with Crippen molar-refractivity contribution in [3.63, 3.8) is 0 Å². The fourth-order valence-corrected chi connectivity index (χ4v) is 4.69. The zero-order chi connectivity index (χ0) is 17.2. The number of rotatable bonds is 6. The number of hydrogen-bond acceptors (Lipinski definition) is 2. The Hall–Kier alpha value is -0.795. The first-order valence-corrected chi connectivity index (χ1v) is 9.80. The normalized spacial score (nSPS) is 21.6. The summed E-state index contributed by atoms with van der Waals surface area (Å²) in [6.45, 7) is 8.08. The van der Waals surface area contributed by atoms with Crippen LogP contribution in [-0.2, 0) is 12.8 Å². The van der Waals surface area contributed by atoms with Gasteiger partial charge in [0.25, 0.3) is 0 Å². The van der Waals surface area contributed by atoms with Gasteiger partial charge in [0, 0.05) is 25.2 Å². The molecular formula is C21H33BN2. The monoisotopic (exact) mass is 324 g/mol. The van der Waals surface area contributed by atoms with Crippen LogP contribution >= 0.6 is 0 Å². The van der Waals surface area contributed by atoms with Gasteiger partial charge in [0.05, 0.1) is 7.85 Å². The van der Waals surface area contributed by atoms with Crippen LogP contribution in [0.5, 0.6) is 0 Å². The van der Waals surface area contributed by atoms with Crippen molar-refractivity contribution in [1.29, 1.82) is 0 Å². The smallest absolute Gasteiger partial charge is 0.0657 e. The van der Waals surface area contributed by atoms with Gasteiger partial charge in [-0.05, 0) is 67.7 Å². The molecule has 1 saturated heterocycles. The fraction of sp³-hybridized carbons (Fsp3) is 0.714. The molecule has 2 radical (unpaired) electrons. The average Bonchev–Trinajstić information content (AvgIpc) is 2.53. The molecule has 0 spiro atoms. The van der Waals surface area contributed by atoms with E-state index < -0.39 is 0 Å². The van der Waals surface area contributed by atoms with Gasteiger partial charge in [-0.1, -0.05) is 37.7 Å². The summed E-state index contributed by atoms with van der Waals surface area (Å²) in [5, 5.41) is 0. The van der Waals surface area contributed by atoms with Crippen LogP contribution in [0, 0.1) is 19.8 Å². The van der Waals surface area contributed by atoms with Gasteiger partial charge in [-0.3, -0.25) is 0 Å². The van der Waals surface area contributed by atoms with Crippen molar-refractivity contribution in [2.75, 3.05) is 19.6 Å². The molecule has 3 rings (SSSR count). The molecule has 2 fully saturated rings. The first-order valence-electron chi connectivity index (χ1n) is 9.80. The molecule has 1 aliphatic heterocycles. The van der Waals surface area contributed by atoms with Crippen molar-refractivity contribution >= 4 is 7.85 Å². The van der Waals surface area contributed by atoms with Crippen molar-refractivity contribution in [2.45, 2.75) is 70.7 Å². The van der Waals surface area contributed by atoms with Gasteiger partial charge in [0.2, 0.25) is 0 Å². The summed E-state index contributed by atoms with van der Waals surface area (Å²) in [5.41, 5.74) is 12.6. The van der Waals surface area contributed by atoms with Crippen LogP contribution in [-0.4, -0.2) is 37.9 Å². The fourth-order valence-electron chi connectivity index (χ4n) is 4.69. The quantitative estimate of drug-likeness (QED) is 0.811. The number of aryl methyl sites for hydroxylation is 1. The number of benzene rings is 1. The van der Waals surface area contributed by atoms with Crippen LogP contribution in [0.4, 0.5) is 0 Å². The van der Waals surface area contributed by atoms with Gasteiger partial charge in [-0.2, -0.15) is 0 Å². The zero-order valence-corrected chi connectivity index (χ0v) is 15.6. The molecule has 0 amide bonds. The van der Waals surface area contributed by atoms with Crippen LogP contribution in [0.1, 0.15) is 54.4 Å². The third kappa shape index (κ3) is 4.05. The highest BCUT2D eigenvalue weighted by Crippen LogP contribution is 2.31. The molecule has 2 aliphatic rings. The zero-order valence-electron chi connectivity index (χ0n) is 15.6. The van der Waals surface area contributed by atoms with Crippen LogP contribution in [0.3, 0.4) is 0 Å². The lowest BCUT2D eigenvalue weighted by molar-refractivity contribution is 0.0623. The van der Waals surface area contributed by atoms with Crippen LogP contribution in [0.25, 0.3) is 0 Å². The van der Waals surface area contributed by atoms with E-state index in [2.05, 4.69) is 30.9 Å². The highest BCUT2D eigenvalue weighted by molar-refractivity contribution is 6.08. The first kappa shape index (κ1) is 18.0. The van der Waals surface area contributed by atoms with Crippen molar-refractivity contribution in [2.24, 2.45) is 11.7 Å². The van der Waals surface area contributed by atoms with Gasteiger partial charge in [-0.25, -0.2) is 0 Å². The lowest BCUT2D eigenvalue weighted by Crippen LogP contribution is -2.58. The molecule has 130 valence electrons. The number of hydrogen-bond donors (Lipinski definition) is 1. The molecular weight excluding hydrogens is 291 g/mol. The molecule has 1 saturated carbocycles. The van der Waals surface area contributed by atoms with E-state index in [4.69, 9.17) is 13.6 Å². The Kier molecular flexibility index (Phi) is 5.72. The van der Waals surface area contributed by atoms with E-state index in [-0.39, 0.29) is 5.54 Å². The molecule has 1 aromatic carbocycles. The Bertz CT molecular complexity index is 557. The predicted molar refractivity (Wildman–Crippen MR) is 104 cm³/mol. The molecule has 1 heterocycles. The predicted octanol–water partition coefficient (Wildman–Crippen LogP) is 3.57. The Morgan fingerprint density at radius 2 is 1.71 bits per heavy atom. The van der Waals surface area contributed by atoms with E-state index in [0.717, 1.165) is 25.2 Å². The average molecular weight is 324 g/mol. The summed E-state index contributed by atoms with van der Waals surface area (Å²) in [4.78, 5) is 2.58. The Balaban J connectivity index is 1.51. The van der Waals surface area contributed by atoms with Gasteiger partial charge < -0.3 is 10.6 Å². The van der Waals surface area contributed by atoms with E-state index in [9.17, 15) is 0 Å². The third-order valence-corrected chi connectivity index (χ3v) is 6.35. The van der Waals surface area contributed by atoms with E-state index >= 15 is 0 Å². The van der Waals surface area contributed by atoms with Crippen LogP contribution in [0.15, 0.2) is 12.1 Å². The van der Waals surface area contributed by atoms with Gasteiger partial charge in [0.15, 0.2) is 0 Å². The Morgan fingerprint density at radius 1 is 1.08 bits per heavy atom. The van der Waals surface area contributed by atoms with Gasteiger partial charge in [-0.15, -0.1) is 0 Å². The minimum absolute atomic E-state index is 0.0968. The summed E-state index contributed by atoms with van der Waals surface area (Å²) >= 11 is 0. The lowest BCUT2D eigenvalue weighted by atomic mass is 9.80. The minimum atomic E-state index is 0.0968. The molecule has 0 atom stereocenters. The molecule has 1 aliphatic carbocycles. The molecule has 0 unspecified atom stereocenters. The molecule has 24 heavy (non-hydrogen) atoms. The summed E-state index contributed by atoms with van der Waals surface area (Å²) in [6.07, 6.45) is 9.39. The molecule has 2 nitrogen and oxygen atoms in total. The number of nitrogens with zero attached hydrogens (tertiary/aromatic N) is 1. The van der Waals surface area contributed by atoms with Gasteiger partial charge in [0.1, 0.15) is 0 Å². The minimum Gasteiger partial charge on any atom is -0.324 e. The highest BCUT2D eigenvalue weighted by atomic mass is 15.2. The van der Waals surface area contributed by atoms with Crippen molar-refractivity contribution in [3.05, 3.63) is 34.4 Å². The molecule has 0 aromatic heterocycles.